The molecule has 1 N–H and O–H groups in total. The highest BCUT2D eigenvalue weighted by molar-refractivity contribution is 5.68. The van der Waals surface area contributed by atoms with E-state index in [0.29, 0.717) is 12.2 Å². The SMILES string of the molecule is CCOc1ccc(C(CC(=O)O)N(C)C)cc1F. The lowest BCUT2D eigenvalue weighted by Crippen LogP contribution is -2.22. The molecule has 0 aliphatic heterocycles. The van der Waals surface area contributed by atoms with Gasteiger partial charge in [-0.1, -0.05) is 6.07 Å². The van der Waals surface area contributed by atoms with Crippen molar-refractivity contribution in [2.24, 2.45) is 0 Å². The Morgan fingerprint density at radius 2 is 2.17 bits per heavy atom. The highest BCUT2D eigenvalue weighted by Gasteiger charge is 2.19. The van der Waals surface area contributed by atoms with Gasteiger partial charge < -0.3 is 14.7 Å². The first kappa shape index (κ1) is 14.4. The maximum absolute atomic E-state index is 13.7. The molecular formula is C13H18FNO3. The first-order chi connectivity index (χ1) is 8.45. The number of carboxylic acids is 1. The maximum atomic E-state index is 13.7. The second kappa shape index (κ2) is 6.35. The molecule has 1 aromatic rings. The van der Waals surface area contributed by atoms with E-state index in [1.165, 1.54) is 12.1 Å². The molecule has 5 heteroatoms. The molecule has 0 fully saturated rings. The van der Waals surface area contributed by atoms with Gasteiger partial charge in [-0.3, -0.25) is 4.79 Å². The number of carbonyl (C=O) groups is 1. The number of ether oxygens (including phenoxy) is 1. The van der Waals surface area contributed by atoms with Crippen molar-refractivity contribution in [3.05, 3.63) is 29.6 Å². The van der Waals surface area contributed by atoms with Crippen LogP contribution in [0.4, 0.5) is 4.39 Å². The lowest BCUT2D eigenvalue weighted by atomic mass is 10.0. The Kier molecular flexibility index (Phi) is 5.09. The van der Waals surface area contributed by atoms with E-state index < -0.39 is 11.8 Å². The van der Waals surface area contributed by atoms with Crippen molar-refractivity contribution in [1.82, 2.24) is 4.90 Å². The van der Waals surface area contributed by atoms with E-state index in [0.717, 1.165) is 0 Å². The molecule has 0 saturated carbocycles. The topological polar surface area (TPSA) is 49.8 Å². The Bertz CT molecular complexity index is 421. The zero-order valence-corrected chi connectivity index (χ0v) is 10.8. The van der Waals surface area contributed by atoms with Gasteiger partial charge in [0.1, 0.15) is 0 Å². The van der Waals surface area contributed by atoms with E-state index in [1.54, 1.807) is 32.0 Å². The van der Waals surface area contributed by atoms with Crippen LogP contribution in [-0.2, 0) is 4.79 Å². The molecule has 0 amide bonds. The predicted molar refractivity (Wildman–Crippen MR) is 66.2 cm³/mol. The van der Waals surface area contributed by atoms with E-state index in [-0.39, 0.29) is 18.2 Å². The van der Waals surface area contributed by atoms with Gasteiger partial charge in [-0.05, 0) is 38.7 Å². The van der Waals surface area contributed by atoms with Crippen molar-refractivity contribution in [2.45, 2.75) is 19.4 Å². The second-order valence-corrected chi connectivity index (χ2v) is 4.20. The minimum absolute atomic E-state index is 0.0690. The molecule has 100 valence electrons. The molecular weight excluding hydrogens is 237 g/mol. The average molecular weight is 255 g/mol. The zero-order chi connectivity index (χ0) is 13.7. The molecule has 1 atom stereocenters. The van der Waals surface area contributed by atoms with E-state index in [9.17, 15) is 9.18 Å². The molecule has 1 aromatic carbocycles. The maximum Gasteiger partial charge on any atom is 0.305 e. The molecule has 1 rings (SSSR count). The lowest BCUT2D eigenvalue weighted by molar-refractivity contribution is -0.138. The van der Waals surface area contributed by atoms with Gasteiger partial charge in [0.05, 0.1) is 13.0 Å². The Morgan fingerprint density at radius 3 is 2.61 bits per heavy atom. The van der Waals surface area contributed by atoms with Gasteiger partial charge in [-0.15, -0.1) is 0 Å². The fourth-order valence-electron chi connectivity index (χ4n) is 1.76. The molecule has 18 heavy (non-hydrogen) atoms. The molecule has 0 aliphatic carbocycles. The molecule has 0 saturated heterocycles. The summed E-state index contributed by atoms with van der Waals surface area (Å²) in [6.45, 7) is 2.17. The van der Waals surface area contributed by atoms with E-state index in [4.69, 9.17) is 9.84 Å². The van der Waals surface area contributed by atoms with Crippen LogP contribution in [-0.4, -0.2) is 36.7 Å². The number of benzene rings is 1. The largest absolute Gasteiger partial charge is 0.491 e. The van der Waals surface area contributed by atoms with Crippen LogP contribution >= 0.6 is 0 Å². The molecule has 0 bridgehead atoms. The molecule has 0 heterocycles. The quantitative estimate of drug-likeness (QED) is 0.847. The Hall–Kier alpha value is -1.62. The van der Waals surface area contributed by atoms with Crippen LogP contribution in [0.5, 0.6) is 5.75 Å². The van der Waals surface area contributed by atoms with Crippen LogP contribution in [0.2, 0.25) is 0 Å². The molecule has 0 radical (unpaired) electrons. The summed E-state index contributed by atoms with van der Waals surface area (Å²) >= 11 is 0. The summed E-state index contributed by atoms with van der Waals surface area (Å²) in [4.78, 5) is 12.5. The normalized spacial score (nSPS) is 12.5. The summed E-state index contributed by atoms with van der Waals surface area (Å²) in [7, 11) is 3.53. The molecule has 0 aliphatic rings. The highest BCUT2D eigenvalue weighted by Crippen LogP contribution is 2.26. The first-order valence-corrected chi connectivity index (χ1v) is 5.76. The van der Waals surface area contributed by atoms with Gasteiger partial charge in [0.2, 0.25) is 0 Å². The van der Waals surface area contributed by atoms with Gasteiger partial charge >= 0.3 is 5.97 Å². The third-order valence-electron chi connectivity index (χ3n) is 2.63. The minimum Gasteiger partial charge on any atom is -0.491 e. The van der Waals surface area contributed by atoms with Crippen molar-refractivity contribution in [3.8, 4) is 5.75 Å². The number of rotatable bonds is 6. The summed E-state index contributed by atoms with van der Waals surface area (Å²) in [6.07, 6.45) is -0.0690. The smallest absolute Gasteiger partial charge is 0.305 e. The number of aliphatic carboxylic acids is 1. The summed E-state index contributed by atoms with van der Waals surface area (Å²) < 4.78 is 18.8. The van der Waals surface area contributed by atoms with Crippen molar-refractivity contribution in [1.29, 1.82) is 0 Å². The summed E-state index contributed by atoms with van der Waals surface area (Å²) in [6, 6.07) is 4.21. The fourth-order valence-corrected chi connectivity index (χ4v) is 1.76. The monoisotopic (exact) mass is 255 g/mol. The Balaban J connectivity index is 2.99. The van der Waals surface area contributed by atoms with Crippen molar-refractivity contribution < 1.29 is 19.0 Å². The van der Waals surface area contributed by atoms with Crippen LogP contribution < -0.4 is 4.74 Å². The Labute approximate surface area is 106 Å². The lowest BCUT2D eigenvalue weighted by Gasteiger charge is -2.23. The third kappa shape index (κ3) is 3.70. The van der Waals surface area contributed by atoms with E-state index in [1.807, 2.05) is 0 Å². The standard InChI is InChI=1S/C13H18FNO3/c1-4-18-12-6-5-9(7-10(12)14)11(15(2)3)8-13(16)17/h5-7,11H,4,8H2,1-3H3,(H,16,17). The van der Waals surface area contributed by atoms with Gasteiger partial charge in [0.25, 0.3) is 0 Å². The van der Waals surface area contributed by atoms with Gasteiger partial charge in [-0.2, -0.15) is 0 Å². The second-order valence-electron chi connectivity index (χ2n) is 4.20. The number of hydrogen-bond donors (Lipinski definition) is 1. The van der Waals surface area contributed by atoms with E-state index >= 15 is 0 Å². The summed E-state index contributed by atoms with van der Waals surface area (Å²) in [5.74, 6) is -1.19. The van der Waals surface area contributed by atoms with Gasteiger partial charge in [0, 0.05) is 6.04 Å². The fraction of sp³-hybridized carbons (Fsp3) is 0.462. The number of carboxylic acid groups (broad SMARTS) is 1. The van der Waals surface area contributed by atoms with Crippen LogP contribution in [0.1, 0.15) is 24.9 Å². The molecule has 0 spiro atoms. The van der Waals surface area contributed by atoms with Crippen LogP contribution in [0.25, 0.3) is 0 Å². The Morgan fingerprint density at radius 1 is 1.50 bits per heavy atom. The number of halogens is 1. The van der Waals surface area contributed by atoms with Crippen molar-refractivity contribution >= 4 is 5.97 Å². The van der Waals surface area contributed by atoms with Gasteiger partial charge in [-0.25, -0.2) is 4.39 Å². The minimum atomic E-state index is -0.914. The van der Waals surface area contributed by atoms with Crippen LogP contribution in [0.15, 0.2) is 18.2 Å². The predicted octanol–water partition coefficient (Wildman–Crippen LogP) is 2.30. The van der Waals surface area contributed by atoms with Crippen LogP contribution in [0.3, 0.4) is 0 Å². The summed E-state index contributed by atoms with van der Waals surface area (Å²) in [5.41, 5.74) is 0.628. The zero-order valence-electron chi connectivity index (χ0n) is 10.8. The van der Waals surface area contributed by atoms with Crippen molar-refractivity contribution in [2.75, 3.05) is 20.7 Å². The number of nitrogens with zero attached hydrogens (tertiary/aromatic N) is 1. The molecule has 1 unspecified atom stereocenters. The third-order valence-corrected chi connectivity index (χ3v) is 2.63. The van der Waals surface area contributed by atoms with Crippen molar-refractivity contribution in [3.63, 3.8) is 0 Å². The van der Waals surface area contributed by atoms with Gasteiger partial charge in [0.15, 0.2) is 11.6 Å². The molecule has 4 nitrogen and oxygen atoms in total. The van der Waals surface area contributed by atoms with E-state index in [2.05, 4.69) is 0 Å². The summed E-state index contributed by atoms with van der Waals surface area (Å²) in [5, 5.41) is 8.86. The number of hydrogen-bond acceptors (Lipinski definition) is 3. The average Bonchev–Trinajstić information content (AvgIpc) is 2.28. The first-order valence-electron chi connectivity index (χ1n) is 5.76. The highest BCUT2D eigenvalue weighted by atomic mass is 19.1. The molecule has 0 aromatic heterocycles. The van der Waals surface area contributed by atoms with Crippen LogP contribution in [0, 0.1) is 5.82 Å².